The molecule has 0 saturated carbocycles. The molecule has 0 heterocycles. The van der Waals surface area contributed by atoms with Gasteiger partial charge in [0.15, 0.2) is 0 Å². The van der Waals surface area contributed by atoms with Crippen LogP contribution in [-0.4, -0.2) is 45.3 Å². The van der Waals surface area contributed by atoms with E-state index in [1.807, 2.05) is 0 Å². The summed E-state index contributed by atoms with van der Waals surface area (Å²) >= 11 is 0. The van der Waals surface area contributed by atoms with Crippen LogP contribution in [0.5, 0.6) is 0 Å². The highest BCUT2D eigenvalue weighted by Crippen LogP contribution is 2.06. The minimum Gasteiger partial charge on any atom is -0.481 e. The molecule has 0 aliphatic carbocycles. The van der Waals surface area contributed by atoms with Crippen LogP contribution in [0.3, 0.4) is 0 Å². The van der Waals surface area contributed by atoms with E-state index in [-0.39, 0.29) is 18.8 Å². The second-order valence-corrected chi connectivity index (χ2v) is 4.05. The van der Waals surface area contributed by atoms with Crippen molar-refractivity contribution in [2.45, 2.75) is 38.8 Å². The molecule has 0 rings (SSSR count). The van der Waals surface area contributed by atoms with Gasteiger partial charge < -0.3 is 15.3 Å². The van der Waals surface area contributed by atoms with E-state index < -0.39 is 30.0 Å². The van der Waals surface area contributed by atoms with Crippen molar-refractivity contribution in [2.24, 2.45) is 5.92 Å². The van der Waals surface area contributed by atoms with Crippen LogP contribution in [0.4, 0.5) is 0 Å². The first-order chi connectivity index (χ1) is 7.75. The number of hydrogen-bond acceptors (Lipinski definition) is 4. The highest BCUT2D eigenvalue weighted by atomic mass is 16.4. The lowest BCUT2D eigenvalue weighted by atomic mass is 10.0. The Labute approximate surface area is 98.4 Å². The highest BCUT2D eigenvalue weighted by molar-refractivity contribution is 5.78. The van der Waals surface area contributed by atoms with Crippen molar-refractivity contribution in [2.75, 3.05) is 0 Å². The molecular weight excluding hydrogens is 230 g/mol. The minimum absolute atomic E-state index is 0.152. The lowest BCUT2D eigenvalue weighted by Crippen LogP contribution is -2.49. The molecule has 0 saturated heterocycles. The first-order valence-corrected chi connectivity index (χ1v) is 5.19. The predicted molar refractivity (Wildman–Crippen MR) is 57.7 cm³/mol. The Kier molecular flexibility index (Phi) is 6.19. The first-order valence-electron chi connectivity index (χ1n) is 5.19. The standard InChI is InChI=1S/C10H17NO6/c1-5(2)8(10(16)17)11-6(9(14)15)3-4-7(12)13/h5-6,8,11H,3-4H2,1-2H3,(H,12,13)(H,14,15)(H,16,17)/t6-,8+/m1/s1. The van der Waals surface area contributed by atoms with Crippen LogP contribution in [0.2, 0.25) is 0 Å². The largest absolute Gasteiger partial charge is 0.481 e. The number of aliphatic carboxylic acids is 3. The SMILES string of the molecule is CC(C)[C@H](N[C@H](CCC(=O)O)C(=O)O)C(=O)O. The molecule has 0 amide bonds. The number of carbonyl (C=O) groups is 3. The number of rotatable bonds is 8. The van der Waals surface area contributed by atoms with E-state index in [2.05, 4.69) is 5.32 Å². The quantitative estimate of drug-likeness (QED) is 0.476. The zero-order chi connectivity index (χ0) is 13.6. The summed E-state index contributed by atoms with van der Waals surface area (Å²) in [6.45, 7) is 3.28. The van der Waals surface area contributed by atoms with E-state index in [1.54, 1.807) is 13.8 Å². The summed E-state index contributed by atoms with van der Waals surface area (Å²) in [5.74, 6) is -3.81. The smallest absolute Gasteiger partial charge is 0.320 e. The summed E-state index contributed by atoms with van der Waals surface area (Å²) in [5.41, 5.74) is 0. The normalized spacial score (nSPS) is 14.3. The van der Waals surface area contributed by atoms with Crippen molar-refractivity contribution in [3.63, 3.8) is 0 Å². The van der Waals surface area contributed by atoms with Crippen molar-refractivity contribution >= 4 is 17.9 Å². The number of nitrogens with one attached hydrogen (secondary N) is 1. The molecule has 2 atom stereocenters. The summed E-state index contributed by atoms with van der Waals surface area (Å²) in [6.07, 6.45) is -0.477. The second-order valence-electron chi connectivity index (χ2n) is 4.05. The zero-order valence-electron chi connectivity index (χ0n) is 9.71. The van der Waals surface area contributed by atoms with E-state index in [4.69, 9.17) is 15.3 Å². The van der Waals surface area contributed by atoms with Crippen LogP contribution >= 0.6 is 0 Å². The molecule has 0 aliphatic rings. The maximum absolute atomic E-state index is 10.9. The Morgan fingerprint density at radius 1 is 1.06 bits per heavy atom. The second kappa shape index (κ2) is 6.85. The molecule has 0 fully saturated rings. The summed E-state index contributed by atoms with van der Waals surface area (Å²) in [4.78, 5) is 32.1. The third kappa shape index (κ3) is 5.86. The van der Waals surface area contributed by atoms with Crippen LogP contribution in [-0.2, 0) is 14.4 Å². The number of carboxylic acids is 3. The van der Waals surface area contributed by atoms with Crippen LogP contribution in [0, 0.1) is 5.92 Å². The first kappa shape index (κ1) is 15.4. The lowest BCUT2D eigenvalue weighted by molar-refractivity contribution is -0.143. The minimum atomic E-state index is -1.25. The molecule has 17 heavy (non-hydrogen) atoms. The summed E-state index contributed by atoms with van der Waals surface area (Å²) in [5, 5.41) is 28.6. The van der Waals surface area contributed by atoms with Gasteiger partial charge in [-0.05, 0) is 12.3 Å². The molecule has 0 radical (unpaired) electrons. The highest BCUT2D eigenvalue weighted by Gasteiger charge is 2.28. The molecule has 0 aromatic carbocycles. The molecule has 7 nitrogen and oxygen atoms in total. The molecule has 98 valence electrons. The van der Waals surface area contributed by atoms with Gasteiger partial charge in [0, 0.05) is 6.42 Å². The molecular formula is C10H17NO6. The zero-order valence-corrected chi connectivity index (χ0v) is 9.71. The van der Waals surface area contributed by atoms with Gasteiger partial charge in [-0.2, -0.15) is 0 Å². The van der Waals surface area contributed by atoms with Crippen LogP contribution in [0.1, 0.15) is 26.7 Å². The molecule has 0 unspecified atom stereocenters. The van der Waals surface area contributed by atoms with Gasteiger partial charge in [0.25, 0.3) is 0 Å². The van der Waals surface area contributed by atoms with E-state index in [0.29, 0.717) is 0 Å². The van der Waals surface area contributed by atoms with Crippen molar-refractivity contribution in [3.8, 4) is 0 Å². The third-order valence-electron chi connectivity index (χ3n) is 2.26. The van der Waals surface area contributed by atoms with Gasteiger partial charge in [-0.1, -0.05) is 13.8 Å². The Bertz CT molecular complexity index is 301. The van der Waals surface area contributed by atoms with Gasteiger partial charge in [-0.3, -0.25) is 19.7 Å². The van der Waals surface area contributed by atoms with Crippen molar-refractivity contribution < 1.29 is 29.7 Å². The van der Waals surface area contributed by atoms with Crippen molar-refractivity contribution in [1.29, 1.82) is 0 Å². The van der Waals surface area contributed by atoms with E-state index in [1.165, 1.54) is 0 Å². The number of carboxylic acid groups (broad SMARTS) is 3. The molecule has 0 aromatic rings. The Morgan fingerprint density at radius 2 is 1.59 bits per heavy atom. The van der Waals surface area contributed by atoms with Gasteiger partial charge in [0.2, 0.25) is 0 Å². The van der Waals surface area contributed by atoms with Crippen molar-refractivity contribution in [1.82, 2.24) is 5.32 Å². The van der Waals surface area contributed by atoms with Crippen molar-refractivity contribution in [3.05, 3.63) is 0 Å². The molecule has 7 heteroatoms. The van der Waals surface area contributed by atoms with E-state index >= 15 is 0 Å². The van der Waals surface area contributed by atoms with Crippen LogP contribution in [0.25, 0.3) is 0 Å². The monoisotopic (exact) mass is 247 g/mol. The van der Waals surface area contributed by atoms with Crippen LogP contribution in [0.15, 0.2) is 0 Å². The Morgan fingerprint density at radius 3 is 1.88 bits per heavy atom. The fourth-order valence-corrected chi connectivity index (χ4v) is 1.31. The Hall–Kier alpha value is -1.63. The van der Waals surface area contributed by atoms with E-state index in [9.17, 15) is 14.4 Å². The van der Waals surface area contributed by atoms with E-state index in [0.717, 1.165) is 0 Å². The summed E-state index contributed by atoms with van der Waals surface area (Å²) < 4.78 is 0. The van der Waals surface area contributed by atoms with Gasteiger partial charge >= 0.3 is 17.9 Å². The summed E-state index contributed by atoms with van der Waals surface area (Å²) in [6, 6.07) is -2.18. The molecule has 0 bridgehead atoms. The average molecular weight is 247 g/mol. The van der Waals surface area contributed by atoms with Gasteiger partial charge in [0.1, 0.15) is 12.1 Å². The third-order valence-corrected chi connectivity index (χ3v) is 2.26. The predicted octanol–water partition coefficient (Wildman–Crippen LogP) is 0.00320. The average Bonchev–Trinajstić information content (AvgIpc) is 2.15. The Balaban J connectivity index is 4.56. The molecule has 0 spiro atoms. The number of hydrogen-bond donors (Lipinski definition) is 4. The maximum Gasteiger partial charge on any atom is 0.320 e. The fourth-order valence-electron chi connectivity index (χ4n) is 1.31. The van der Waals surface area contributed by atoms with Crippen LogP contribution < -0.4 is 5.32 Å². The molecule has 0 aromatic heterocycles. The molecule has 0 aliphatic heterocycles. The topological polar surface area (TPSA) is 124 Å². The summed E-state index contributed by atoms with van der Waals surface area (Å²) in [7, 11) is 0. The van der Waals surface area contributed by atoms with Gasteiger partial charge in [-0.25, -0.2) is 0 Å². The fraction of sp³-hybridized carbons (Fsp3) is 0.700. The van der Waals surface area contributed by atoms with Gasteiger partial charge in [-0.15, -0.1) is 0 Å². The molecule has 4 N–H and O–H groups in total. The maximum atomic E-state index is 10.9. The lowest BCUT2D eigenvalue weighted by Gasteiger charge is -2.22. The van der Waals surface area contributed by atoms with Gasteiger partial charge in [0.05, 0.1) is 0 Å².